The van der Waals surface area contributed by atoms with Gasteiger partial charge < -0.3 is 20.3 Å². The number of nitrogens with one attached hydrogen (secondary N) is 2. The third-order valence-corrected chi connectivity index (χ3v) is 5.72. The van der Waals surface area contributed by atoms with Crippen LogP contribution >= 0.6 is 23.8 Å². The maximum absolute atomic E-state index is 11.7. The van der Waals surface area contributed by atoms with Crippen molar-refractivity contribution in [1.82, 2.24) is 10.2 Å². The van der Waals surface area contributed by atoms with Gasteiger partial charge in [-0.25, -0.2) is 4.79 Å². The highest BCUT2D eigenvalue weighted by atomic mass is 35.5. The van der Waals surface area contributed by atoms with Gasteiger partial charge in [-0.3, -0.25) is 4.90 Å². The summed E-state index contributed by atoms with van der Waals surface area (Å²) in [7, 11) is 0. The molecular weight excluding hydrogens is 432 g/mol. The van der Waals surface area contributed by atoms with Gasteiger partial charge in [0.25, 0.3) is 0 Å². The number of hydrogen-bond donors (Lipinski definition) is 2. The lowest BCUT2D eigenvalue weighted by Crippen LogP contribution is -2.48. The first kappa shape index (κ1) is 23.3. The molecule has 1 saturated heterocycles. The predicted octanol–water partition coefficient (Wildman–Crippen LogP) is 3.93. The normalized spacial score (nSPS) is 14.2. The largest absolute Gasteiger partial charge is 0.462 e. The lowest BCUT2D eigenvalue weighted by atomic mass is 10.1. The predicted molar refractivity (Wildman–Crippen MR) is 131 cm³/mol. The molecule has 2 N–H and O–H groups in total. The minimum absolute atomic E-state index is 0.318. The SMILES string of the molecule is CCOC(=O)c1ccc(NC(=S)NCCN2CCN(c3ccc(Cl)cc3C)CC2)cc1. The minimum atomic E-state index is -0.318. The number of rotatable bonds is 7. The fourth-order valence-electron chi connectivity index (χ4n) is 3.59. The van der Waals surface area contributed by atoms with Crippen LogP contribution in [0.1, 0.15) is 22.8 Å². The highest BCUT2D eigenvalue weighted by Crippen LogP contribution is 2.24. The third kappa shape index (κ3) is 6.82. The van der Waals surface area contributed by atoms with Crippen molar-refractivity contribution in [3.05, 3.63) is 58.6 Å². The molecule has 166 valence electrons. The van der Waals surface area contributed by atoms with Crippen molar-refractivity contribution >= 4 is 46.3 Å². The van der Waals surface area contributed by atoms with E-state index in [0.29, 0.717) is 17.3 Å². The minimum Gasteiger partial charge on any atom is -0.462 e. The second-order valence-corrected chi connectivity index (χ2v) is 8.28. The molecule has 2 aromatic rings. The molecule has 0 aliphatic carbocycles. The van der Waals surface area contributed by atoms with Crippen LogP contribution in [0.15, 0.2) is 42.5 Å². The highest BCUT2D eigenvalue weighted by molar-refractivity contribution is 7.80. The zero-order valence-electron chi connectivity index (χ0n) is 18.0. The van der Waals surface area contributed by atoms with Crippen molar-refractivity contribution in [3.63, 3.8) is 0 Å². The average molecular weight is 461 g/mol. The Morgan fingerprint density at radius 1 is 1.13 bits per heavy atom. The topological polar surface area (TPSA) is 56.8 Å². The molecule has 0 spiro atoms. The maximum Gasteiger partial charge on any atom is 0.338 e. The Hall–Kier alpha value is -2.35. The summed E-state index contributed by atoms with van der Waals surface area (Å²) < 4.78 is 4.99. The zero-order chi connectivity index (χ0) is 22.2. The first-order chi connectivity index (χ1) is 15.0. The van der Waals surface area contributed by atoms with E-state index in [1.165, 1.54) is 11.3 Å². The van der Waals surface area contributed by atoms with E-state index >= 15 is 0 Å². The fourth-order valence-corrected chi connectivity index (χ4v) is 4.04. The molecule has 0 atom stereocenters. The van der Waals surface area contributed by atoms with Crippen LogP contribution in [-0.4, -0.2) is 61.9 Å². The number of aryl methyl sites for hydroxylation is 1. The molecule has 0 unspecified atom stereocenters. The molecule has 1 fully saturated rings. The van der Waals surface area contributed by atoms with Gasteiger partial charge in [0.1, 0.15) is 0 Å². The second kappa shape index (κ2) is 11.3. The van der Waals surface area contributed by atoms with Crippen LogP contribution in [0.25, 0.3) is 0 Å². The summed E-state index contributed by atoms with van der Waals surface area (Å²) in [6.07, 6.45) is 0. The Balaban J connectivity index is 1.37. The molecule has 1 aliphatic heterocycles. The number of benzene rings is 2. The van der Waals surface area contributed by atoms with Crippen molar-refractivity contribution in [2.75, 3.05) is 56.1 Å². The van der Waals surface area contributed by atoms with E-state index in [2.05, 4.69) is 33.4 Å². The van der Waals surface area contributed by atoms with Gasteiger partial charge in [0.15, 0.2) is 5.11 Å². The molecule has 31 heavy (non-hydrogen) atoms. The number of ether oxygens (including phenoxy) is 1. The molecule has 1 heterocycles. The Morgan fingerprint density at radius 2 is 1.84 bits per heavy atom. The lowest BCUT2D eigenvalue weighted by Gasteiger charge is -2.36. The van der Waals surface area contributed by atoms with Crippen molar-refractivity contribution in [1.29, 1.82) is 0 Å². The number of esters is 1. The lowest BCUT2D eigenvalue weighted by molar-refractivity contribution is 0.0526. The van der Waals surface area contributed by atoms with Crippen LogP contribution < -0.4 is 15.5 Å². The number of thiocarbonyl (C=S) groups is 1. The van der Waals surface area contributed by atoms with E-state index in [4.69, 9.17) is 28.6 Å². The molecule has 6 nitrogen and oxygen atoms in total. The van der Waals surface area contributed by atoms with Gasteiger partial charge in [0, 0.05) is 55.7 Å². The summed E-state index contributed by atoms with van der Waals surface area (Å²) in [6, 6.07) is 13.2. The molecule has 0 amide bonds. The van der Waals surface area contributed by atoms with Crippen molar-refractivity contribution < 1.29 is 9.53 Å². The summed E-state index contributed by atoms with van der Waals surface area (Å²) >= 11 is 11.5. The van der Waals surface area contributed by atoms with E-state index in [9.17, 15) is 4.79 Å². The molecule has 1 aliphatic rings. The number of carbonyl (C=O) groups excluding carboxylic acids is 1. The number of nitrogens with zero attached hydrogens (tertiary/aromatic N) is 2. The van der Waals surface area contributed by atoms with Crippen LogP contribution in [0.3, 0.4) is 0 Å². The van der Waals surface area contributed by atoms with E-state index in [1.54, 1.807) is 19.1 Å². The quantitative estimate of drug-likeness (QED) is 0.479. The molecular formula is C23H29ClN4O2S. The molecule has 3 rings (SSSR count). The average Bonchev–Trinajstić information content (AvgIpc) is 2.75. The van der Waals surface area contributed by atoms with Crippen molar-refractivity contribution in [2.24, 2.45) is 0 Å². The summed E-state index contributed by atoms with van der Waals surface area (Å²) in [5.41, 5.74) is 3.84. The van der Waals surface area contributed by atoms with E-state index in [1.807, 2.05) is 24.3 Å². The van der Waals surface area contributed by atoms with E-state index < -0.39 is 0 Å². The van der Waals surface area contributed by atoms with Gasteiger partial charge in [-0.2, -0.15) is 0 Å². The zero-order valence-corrected chi connectivity index (χ0v) is 19.6. The summed E-state index contributed by atoms with van der Waals surface area (Å²) in [5, 5.41) is 7.75. The van der Waals surface area contributed by atoms with Gasteiger partial charge in [-0.15, -0.1) is 0 Å². The van der Waals surface area contributed by atoms with E-state index in [0.717, 1.165) is 50.0 Å². The second-order valence-electron chi connectivity index (χ2n) is 7.44. The Labute approximate surface area is 194 Å². The molecule has 2 aromatic carbocycles. The number of anilines is 2. The Morgan fingerprint density at radius 3 is 2.48 bits per heavy atom. The van der Waals surface area contributed by atoms with Crippen molar-refractivity contribution in [3.8, 4) is 0 Å². The standard InChI is InChI=1S/C23H29ClN4O2S/c1-3-30-22(29)18-4-7-20(8-5-18)26-23(31)25-10-11-27-12-14-28(15-13-27)21-9-6-19(24)16-17(21)2/h4-9,16H,3,10-15H2,1-2H3,(H2,25,26,31). The van der Waals surface area contributed by atoms with Crippen molar-refractivity contribution in [2.45, 2.75) is 13.8 Å². The Bertz CT molecular complexity index is 899. The molecule has 0 radical (unpaired) electrons. The molecule has 0 saturated carbocycles. The number of carbonyl (C=O) groups is 1. The van der Waals surface area contributed by atoms with Gasteiger partial charge in [0.2, 0.25) is 0 Å². The summed E-state index contributed by atoms with van der Waals surface area (Å²) in [6.45, 7) is 9.98. The first-order valence-corrected chi connectivity index (χ1v) is 11.3. The van der Waals surface area contributed by atoms with Gasteiger partial charge in [-0.05, 0) is 74.1 Å². The van der Waals surface area contributed by atoms with Gasteiger partial charge >= 0.3 is 5.97 Å². The van der Waals surface area contributed by atoms with Gasteiger partial charge in [-0.1, -0.05) is 11.6 Å². The number of piperazine rings is 1. The van der Waals surface area contributed by atoms with Crippen LogP contribution in [-0.2, 0) is 4.74 Å². The fraction of sp³-hybridized carbons (Fsp3) is 0.391. The summed E-state index contributed by atoms with van der Waals surface area (Å²) in [5.74, 6) is -0.318. The van der Waals surface area contributed by atoms with Gasteiger partial charge in [0.05, 0.1) is 12.2 Å². The number of hydrogen-bond acceptors (Lipinski definition) is 5. The highest BCUT2D eigenvalue weighted by Gasteiger charge is 2.18. The molecule has 8 heteroatoms. The smallest absolute Gasteiger partial charge is 0.338 e. The maximum atomic E-state index is 11.7. The molecule has 0 aromatic heterocycles. The summed E-state index contributed by atoms with van der Waals surface area (Å²) in [4.78, 5) is 16.6. The van der Waals surface area contributed by atoms with E-state index in [-0.39, 0.29) is 5.97 Å². The number of halogens is 1. The van der Waals surface area contributed by atoms with Crippen LogP contribution in [0.2, 0.25) is 5.02 Å². The Kier molecular flexibility index (Phi) is 8.51. The van der Waals surface area contributed by atoms with Crippen LogP contribution in [0.5, 0.6) is 0 Å². The van der Waals surface area contributed by atoms with Crippen LogP contribution in [0.4, 0.5) is 11.4 Å². The monoisotopic (exact) mass is 460 g/mol. The third-order valence-electron chi connectivity index (χ3n) is 5.24. The van der Waals surface area contributed by atoms with Crippen LogP contribution in [0, 0.1) is 6.92 Å². The molecule has 0 bridgehead atoms. The first-order valence-electron chi connectivity index (χ1n) is 10.5.